The van der Waals surface area contributed by atoms with Crippen LogP contribution in [0.25, 0.3) is 11.1 Å². The SMILES string of the molecule is CC1=C/C(=C(\c2ccccc2)c2ccc(/C(=C3/C=C(C)C(=O)C(C(C)(C)C)=C3)c3cccs3)s2)C=C(C(C)(C)C)C1=O. The molecule has 0 bridgehead atoms. The van der Waals surface area contributed by atoms with E-state index in [4.69, 9.17) is 0 Å². The van der Waals surface area contributed by atoms with Crippen LogP contribution >= 0.6 is 22.7 Å². The van der Waals surface area contributed by atoms with Gasteiger partial charge in [-0.15, -0.1) is 22.7 Å². The number of allylic oxidation sites excluding steroid dienone is 10. The summed E-state index contributed by atoms with van der Waals surface area (Å²) in [5.74, 6) is 0.237. The summed E-state index contributed by atoms with van der Waals surface area (Å²) < 4.78 is 0. The van der Waals surface area contributed by atoms with Crippen molar-refractivity contribution in [2.24, 2.45) is 10.8 Å². The third-order valence-electron chi connectivity index (χ3n) is 7.67. The molecule has 0 fully saturated rings. The van der Waals surface area contributed by atoms with E-state index >= 15 is 0 Å². The Balaban J connectivity index is 1.76. The molecule has 2 aliphatic carbocycles. The molecule has 214 valence electrons. The maximum absolute atomic E-state index is 13.2. The quantitative estimate of drug-likeness (QED) is 0.303. The third-order valence-corrected chi connectivity index (χ3v) is 9.68. The highest BCUT2D eigenvalue weighted by Gasteiger charge is 2.30. The second-order valence-corrected chi connectivity index (χ2v) is 15.1. The second kappa shape index (κ2) is 11.2. The topological polar surface area (TPSA) is 34.1 Å². The van der Waals surface area contributed by atoms with Gasteiger partial charge in [0, 0.05) is 36.9 Å². The monoisotopic (exact) mass is 590 g/mol. The summed E-state index contributed by atoms with van der Waals surface area (Å²) in [6.45, 7) is 16.4. The smallest absolute Gasteiger partial charge is 0.185 e. The minimum Gasteiger partial charge on any atom is -0.289 e. The lowest BCUT2D eigenvalue weighted by atomic mass is 9.77. The second-order valence-electron chi connectivity index (χ2n) is 13.1. The molecule has 0 saturated carbocycles. The maximum Gasteiger partial charge on any atom is 0.185 e. The van der Waals surface area contributed by atoms with Crippen LogP contribution in [0, 0.1) is 10.8 Å². The van der Waals surface area contributed by atoms with E-state index in [-0.39, 0.29) is 22.4 Å². The van der Waals surface area contributed by atoms with Gasteiger partial charge in [0.15, 0.2) is 11.6 Å². The Labute approximate surface area is 258 Å². The first-order valence-electron chi connectivity index (χ1n) is 14.3. The molecule has 2 aliphatic rings. The Hall–Kier alpha value is -3.60. The summed E-state index contributed by atoms with van der Waals surface area (Å²) in [5, 5.41) is 2.10. The molecule has 1 aromatic carbocycles. The average molecular weight is 591 g/mol. The van der Waals surface area contributed by atoms with Gasteiger partial charge in [0.05, 0.1) is 0 Å². The van der Waals surface area contributed by atoms with Crippen LogP contribution in [0.5, 0.6) is 0 Å². The Morgan fingerprint density at radius 2 is 1.07 bits per heavy atom. The molecule has 0 radical (unpaired) electrons. The van der Waals surface area contributed by atoms with Crippen molar-refractivity contribution in [3.05, 3.63) is 138 Å². The fourth-order valence-corrected chi connectivity index (χ4v) is 7.49. The van der Waals surface area contributed by atoms with Gasteiger partial charge in [0.1, 0.15) is 0 Å². The molecule has 0 N–H and O–H groups in total. The lowest BCUT2D eigenvalue weighted by Gasteiger charge is -2.26. The predicted molar refractivity (Wildman–Crippen MR) is 180 cm³/mol. The molecule has 5 rings (SSSR count). The van der Waals surface area contributed by atoms with E-state index in [1.807, 2.05) is 32.1 Å². The first-order chi connectivity index (χ1) is 19.8. The number of ketones is 2. The highest BCUT2D eigenvalue weighted by molar-refractivity contribution is 7.15. The van der Waals surface area contributed by atoms with E-state index in [0.29, 0.717) is 0 Å². The average Bonchev–Trinajstić information content (AvgIpc) is 3.61. The Morgan fingerprint density at radius 1 is 0.571 bits per heavy atom. The Kier molecular flexibility index (Phi) is 8.00. The zero-order valence-electron chi connectivity index (χ0n) is 25.7. The van der Waals surface area contributed by atoms with E-state index in [9.17, 15) is 9.59 Å². The van der Waals surface area contributed by atoms with Crippen molar-refractivity contribution in [3.8, 4) is 0 Å². The summed E-state index contributed by atoms with van der Waals surface area (Å²) in [6.07, 6.45) is 8.26. The minimum atomic E-state index is -0.267. The zero-order chi connectivity index (χ0) is 30.4. The van der Waals surface area contributed by atoms with Crippen LogP contribution in [0.15, 0.2) is 118 Å². The van der Waals surface area contributed by atoms with Gasteiger partial charge < -0.3 is 0 Å². The molecule has 0 amide bonds. The molecule has 0 atom stereocenters. The molecule has 0 saturated heterocycles. The number of carbonyl (C=O) groups excluding carboxylic acids is 2. The largest absolute Gasteiger partial charge is 0.289 e. The van der Waals surface area contributed by atoms with Crippen LogP contribution in [0.3, 0.4) is 0 Å². The van der Waals surface area contributed by atoms with Crippen LogP contribution in [0.4, 0.5) is 0 Å². The third kappa shape index (κ3) is 5.84. The van der Waals surface area contributed by atoms with Crippen molar-refractivity contribution in [1.82, 2.24) is 0 Å². The van der Waals surface area contributed by atoms with Crippen LogP contribution in [-0.4, -0.2) is 11.6 Å². The number of thiophene rings is 2. The van der Waals surface area contributed by atoms with E-state index in [0.717, 1.165) is 59.9 Å². The van der Waals surface area contributed by atoms with Crippen molar-refractivity contribution < 1.29 is 9.59 Å². The van der Waals surface area contributed by atoms with Gasteiger partial charge in [-0.25, -0.2) is 0 Å². The van der Waals surface area contributed by atoms with Crippen LogP contribution in [0.2, 0.25) is 0 Å². The highest BCUT2D eigenvalue weighted by atomic mass is 32.1. The fourth-order valence-electron chi connectivity index (χ4n) is 5.44. The number of carbonyl (C=O) groups is 2. The van der Waals surface area contributed by atoms with Gasteiger partial charge in [0.25, 0.3) is 0 Å². The minimum absolute atomic E-state index is 0.116. The summed E-state index contributed by atoms with van der Waals surface area (Å²) in [5.41, 5.74) is 8.16. The molecule has 0 spiro atoms. The van der Waals surface area contributed by atoms with E-state index in [1.165, 1.54) is 4.88 Å². The first kappa shape index (κ1) is 29.9. The van der Waals surface area contributed by atoms with Crippen LogP contribution in [-0.2, 0) is 9.59 Å². The summed E-state index contributed by atoms with van der Waals surface area (Å²) in [4.78, 5) is 29.8. The summed E-state index contributed by atoms with van der Waals surface area (Å²) in [6, 6.07) is 19.1. The number of hydrogen-bond acceptors (Lipinski definition) is 4. The summed E-state index contributed by atoms with van der Waals surface area (Å²) >= 11 is 3.47. The Bertz CT molecular complexity index is 1750. The van der Waals surface area contributed by atoms with E-state index in [2.05, 4.69) is 108 Å². The molecule has 42 heavy (non-hydrogen) atoms. The van der Waals surface area contributed by atoms with Crippen molar-refractivity contribution in [2.75, 3.05) is 0 Å². The first-order valence-corrected chi connectivity index (χ1v) is 16.0. The lowest BCUT2D eigenvalue weighted by molar-refractivity contribution is -0.113. The van der Waals surface area contributed by atoms with Crippen molar-refractivity contribution in [3.63, 3.8) is 0 Å². The number of hydrogen-bond donors (Lipinski definition) is 0. The van der Waals surface area contributed by atoms with E-state index in [1.54, 1.807) is 22.7 Å². The number of benzene rings is 1. The molecule has 2 aromatic heterocycles. The van der Waals surface area contributed by atoms with Crippen molar-refractivity contribution in [2.45, 2.75) is 55.4 Å². The number of Topliss-reactive ketones (excluding diaryl/α,β-unsaturated/α-hetero) is 2. The molecule has 4 heteroatoms. The summed E-state index contributed by atoms with van der Waals surface area (Å²) in [7, 11) is 0. The Morgan fingerprint density at radius 3 is 1.55 bits per heavy atom. The van der Waals surface area contributed by atoms with Gasteiger partial charge in [-0.1, -0.05) is 77.9 Å². The molecular formula is C38H38O2S2. The molecule has 2 nitrogen and oxygen atoms in total. The lowest BCUT2D eigenvalue weighted by Crippen LogP contribution is -2.21. The van der Waals surface area contributed by atoms with E-state index < -0.39 is 0 Å². The maximum atomic E-state index is 13.2. The van der Waals surface area contributed by atoms with Crippen LogP contribution in [0.1, 0.15) is 75.6 Å². The normalized spacial score (nSPS) is 18.8. The number of rotatable bonds is 4. The molecular weight excluding hydrogens is 553 g/mol. The van der Waals surface area contributed by atoms with Gasteiger partial charge >= 0.3 is 0 Å². The molecule has 0 unspecified atom stereocenters. The zero-order valence-corrected chi connectivity index (χ0v) is 27.3. The van der Waals surface area contributed by atoms with Gasteiger partial charge in [-0.3, -0.25) is 9.59 Å². The van der Waals surface area contributed by atoms with Crippen LogP contribution < -0.4 is 0 Å². The van der Waals surface area contributed by atoms with Crippen molar-refractivity contribution >= 4 is 45.4 Å². The highest BCUT2D eigenvalue weighted by Crippen LogP contribution is 2.44. The molecule has 2 heterocycles. The van der Waals surface area contributed by atoms with Crippen molar-refractivity contribution in [1.29, 1.82) is 0 Å². The standard InChI is InChI=1S/C38H38O2S2/c1-23-19-26(21-28(35(23)39)37(3,4)5)33(25-13-10-9-11-14-25)31-16-17-32(42-31)34(30-15-12-18-41-30)27-20-24(2)36(40)29(22-27)38(6,7)8/h9-22H,1-8H3/b33-26-,34-27-. The fraction of sp³-hybridized carbons (Fsp3) is 0.263. The van der Waals surface area contributed by atoms with Gasteiger partial charge in [0.2, 0.25) is 0 Å². The predicted octanol–water partition coefficient (Wildman–Crippen LogP) is 10.4. The molecule has 0 aliphatic heterocycles. The van der Waals surface area contributed by atoms with Gasteiger partial charge in [-0.2, -0.15) is 0 Å². The molecule has 3 aromatic rings. The van der Waals surface area contributed by atoms with Gasteiger partial charge in [-0.05, 0) is 100 Å².